The van der Waals surface area contributed by atoms with Crippen LogP contribution in [0.5, 0.6) is 5.75 Å². The van der Waals surface area contributed by atoms with Crippen molar-refractivity contribution in [3.05, 3.63) is 84.8 Å². The standard InChI is InChI=1S/C25H20N4O2S/c1-2-30-21-15-9-8-14-20(21)24-26-22(31-29-24)16-32-25-19-13-7-6-12-18(19)23(27-28-25)17-10-4-3-5-11-17/h3-15H,2,16H2,1H3. The molecule has 0 saturated heterocycles. The second kappa shape index (κ2) is 9.20. The summed E-state index contributed by atoms with van der Waals surface area (Å²) in [6.07, 6.45) is 0. The van der Waals surface area contributed by atoms with Crippen molar-refractivity contribution >= 4 is 22.5 Å². The molecule has 0 N–H and O–H groups in total. The molecule has 5 aromatic rings. The van der Waals surface area contributed by atoms with Crippen LogP contribution in [0, 0.1) is 0 Å². The van der Waals surface area contributed by atoms with E-state index in [0.717, 1.165) is 38.4 Å². The van der Waals surface area contributed by atoms with Crippen molar-refractivity contribution in [3.8, 4) is 28.4 Å². The van der Waals surface area contributed by atoms with Crippen molar-refractivity contribution in [1.82, 2.24) is 20.3 Å². The molecule has 0 amide bonds. The monoisotopic (exact) mass is 440 g/mol. The summed E-state index contributed by atoms with van der Waals surface area (Å²) in [5, 5.41) is 16.1. The number of hydrogen-bond donors (Lipinski definition) is 0. The number of benzene rings is 3. The first-order chi connectivity index (χ1) is 15.8. The van der Waals surface area contributed by atoms with Gasteiger partial charge >= 0.3 is 0 Å². The third kappa shape index (κ3) is 4.07. The van der Waals surface area contributed by atoms with Gasteiger partial charge in [0.05, 0.1) is 17.9 Å². The van der Waals surface area contributed by atoms with Crippen molar-refractivity contribution in [2.45, 2.75) is 17.7 Å². The summed E-state index contributed by atoms with van der Waals surface area (Å²) in [4.78, 5) is 4.56. The van der Waals surface area contributed by atoms with Gasteiger partial charge in [0.2, 0.25) is 11.7 Å². The minimum Gasteiger partial charge on any atom is -0.493 e. The summed E-state index contributed by atoms with van der Waals surface area (Å²) < 4.78 is 11.2. The second-order valence-electron chi connectivity index (χ2n) is 6.99. The van der Waals surface area contributed by atoms with Crippen LogP contribution in [-0.4, -0.2) is 26.9 Å². The summed E-state index contributed by atoms with van der Waals surface area (Å²) >= 11 is 1.53. The molecule has 0 spiro atoms. The van der Waals surface area contributed by atoms with Crippen LogP contribution in [0.1, 0.15) is 12.8 Å². The third-order valence-electron chi connectivity index (χ3n) is 4.93. The number of rotatable bonds is 7. The maximum atomic E-state index is 5.68. The van der Waals surface area contributed by atoms with Crippen molar-refractivity contribution in [1.29, 1.82) is 0 Å². The van der Waals surface area contributed by atoms with Crippen molar-refractivity contribution in [2.24, 2.45) is 0 Å². The molecule has 0 aliphatic rings. The minimum atomic E-state index is 0.493. The first-order valence-corrected chi connectivity index (χ1v) is 11.3. The zero-order chi connectivity index (χ0) is 21.8. The number of nitrogens with zero attached hydrogens (tertiary/aromatic N) is 4. The Morgan fingerprint density at radius 1 is 0.844 bits per heavy atom. The van der Waals surface area contributed by atoms with Gasteiger partial charge in [-0.05, 0) is 19.1 Å². The van der Waals surface area contributed by atoms with Gasteiger partial charge in [-0.1, -0.05) is 83.6 Å². The summed E-state index contributed by atoms with van der Waals surface area (Å²) in [5.41, 5.74) is 2.73. The number of ether oxygens (including phenoxy) is 1. The van der Waals surface area contributed by atoms with E-state index >= 15 is 0 Å². The molecule has 3 aromatic carbocycles. The van der Waals surface area contributed by atoms with E-state index in [2.05, 4.69) is 32.5 Å². The lowest BCUT2D eigenvalue weighted by Gasteiger charge is -2.08. The highest BCUT2D eigenvalue weighted by molar-refractivity contribution is 7.98. The largest absolute Gasteiger partial charge is 0.493 e. The molecule has 6 nitrogen and oxygen atoms in total. The van der Waals surface area contributed by atoms with Crippen LogP contribution in [-0.2, 0) is 5.75 Å². The van der Waals surface area contributed by atoms with E-state index in [1.807, 2.05) is 73.7 Å². The molecule has 0 radical (unpaired) electrons. The molecule has 0 bridgehead atoms. The van der Waals surface area contributed by atoms with E-state index < -0.39 is 0 Å². The van der Waals surface area contributed by atoms with E-state index in [-0.39, 0.29) is 0 Å². The Morgan fingerprint density at radius 2 is 1.59 bits per heavy atom. The van der Waals surface area contributed by atoms with Crippen LogP contribution in [0.4, 0.5) is 0 Å². The van der Waals surface area contributed by atoms with Crippen molar-refractivity contribution in [3.63, 3.8) is 0 Å². The maximum absolute atomic E-state index is 5.68. The Kier molecular flexibility index (Phi) is 5.81. The predicted octanol–water partition coefficient (Wildman–Crippen LogP) is 6.04. The summed E-state index contributed by atoms with van der Waals surface area (Å²) in [7, 11) is 0. The molecule has 32 heavy (non-hydrogen) atoms. The molecule has 158 valence electrons. The number of para-hydroxylation sites is 1. The molecule has 7 heteroatoms. The van der Waals surface area contributed by atoms with Crippen LogP contribution in [0.3, 0.4) is 0 Å². The van der Waals surface area contributed by atoms with E-state index in [1.54, 1.807) is 0 Å². The molecule has 2 heterocycles. The average Bonchev–Trinajstić information content (AvgIpc) is 3.32. The Balaban J connectivity index is 1.40. The number of aromatic nitrogens is 4. The van der Waals surface area contributed by atoms with Gasteiger partial charge in [-0.15, -0.1) is 10.2 Å². The zero-order valence-corrected chi connectivity index (χ0v) is 18.2. The Morgan fingerprint density at radius 3 is 2.44 bits per heavy atom. The van der Waals surface area contributed by atoms with Crippen LogP contribution < -0.4 is 4.74 Å². The third-order valence-corrected chi connectivity index (χ3v) is 5.90. The molecular formula is C25H20N4O2S. The molecule has 0 aliphatic carbocycles. The van der Waals surface area contributed by atoms with Crippen LogP contribution in [0.2, 0.25) is 0 Å². The second-order valence-corrected chi connectivity index (χ2v) is 7.96. The van der Waals surface area contributed by atoms with Gasteiger partial charge in [-0.25, -0.2) is 0 Å². The van der Waals surface area contributed by atoms with Gasteiger partial charge in [0, 0.05) is 16.3 Å². The van der Waals surface area contributed by atoms with Gasteiger partial charge in [-0.3, -0.25) is 0 Å². The number of thioether (sulfide) groups is 1. The molecule has 0 atom stereocenters. The van der Waals surface area contributed by atoms with Gasteiger partial charge in [0.15, 0.2) is 0 Å². The van der Waals surface area contributed by atoms with E-state index in [4.69, 9.17) is 9.26 Å². The predicted molar refractivity (Wildman–Crippen MR) is 125 cm³/mol. The van der Waals surface area contributed by atoms with Crippen LogP contribution in [0.25, 0.3) is 33.4 Å². The molecule has 2 aromatic heterocycles. The Labute approximate surface area is 189 Å². The van der Waals surface area contributed by atoms with Gasteiger partial charge in [0.1, 0.15) is 16.5 Å². The fourth-order valence-corrected chi connectivity index (χ4v) is 4.29. The highest BCUT2D eigenvalue weighted by Crippen LogP contribution is 2.33. The molecule has 0 unspecified atom stereocenters. The fraction of sp³-hybridized carbons (Fsp3) is 0.120. The van der Waals surface area contributed by atoms with Crippen LogP contribution in [0.15, 0.2) is 88.4 Å². The lowest BCUT2D eigenvalue weighted by atomic mass is 10.1. The quantitative estimate of drug-likeness (QED) is 0.286. The lowest BCUT2D eigenvalue weighted by molar-refractivity contribution is 0.341. The molecule has 0 saturated carbocycles. The lowest BCUT2D eigenvalue weighted by Crippen LogP contribution is -1.95. The summed E-state index contributed by atoms with van der Waals surface area (Å²) in [5.74, 6) is 2.27. The van der Waals surface area contributed by atoms with E-state index in [0.29, 0.717) is 24.1 Å². The number of hydrogen-bond acceptors (Lipinski definition) is 7. The summed E-state index contributed by atoms with van der Waals surface area (Å²) in [6, 6.07) is 25.9. The van der Waals surface area contributed by atoms with Gasteiger partial charge < -0.3 is 9.26 Å². The molecular weight excluding hydrogens is 420 g/mol. The topological polar surface area (TPSA) is 73.9 Å². The van der Waals surface area contributed by atoms with Crippen molar-refractivity contribution in [2.75, 3.05) is 6.61 Å². The maximum Gasteiger partial charge on any atom is 0.237 e. The molecule has 5 rings (SSSR count). The SMILES string of the molecule is CCOc1ccccc1-c1noc(CSc2nnc(-c3ccccc3)c3ccccc23)n1. The van der Waals surface area contributed by atoms with Crippen molar-refractivity contribution < 1.29 is 9.26 Å². The highest BCUT2D eigenvalue weighted by Gasteiger charge is 2.15. The summed E-state index contributed by atoms with van der Waals surface area (Å²) in [6.45, 7) is 2.52. The van der Waals surface area contributed by atoms with E-state index in [9.17, 15) is 0 Å². The van der Waals surface area contributed by atoms with E-state index in [1.165, 1.54) is 11.8 Å². The average molecular weight is 441 g/mol. The zero-order valence-electron chi connectivity index (χ0n) is 17.4. The highest BCUT2D eigenvalue weighted by atomic mass is 32.2. The molecule has 0 aliphatic heterocycles. The van der Waals surface area contributed by atoms with Gasteiger partial charge in [0.25, 0.3) is 0 Å². The minimum absolute atomic E-state index is 0.493. The van der Waals surface area contributed by atoms with Crippen LogP contribution >= 0.6 is 11.8 Å². The number of fused-ring (bicyclic) bond motifs is 1. The smallest absolute Gasteiger partial charge is 0.237 e. The first-order valence-electron chi connectivity index (χ1n) is 10.3. The Hall–Kier alpha value is -3.71. The van der Waals surface area contributed by atoms with Gasteiger partial charge in [-0.2, -0.15) is 4.98 Å². The molecule has 0 fully saturated rings. The Bertz CT molecular complexity index is 1350. The first kappa shape index (κ1) is 20.2. The fourth-order valence-electron chi connectivity index (χ4n) is 3.48. The normalized spacial score (nSPS) is 11.0.